The van der Waals surface area contributed by atoms with Gasteiger partial charge in [-0.15, -0.1) is 0 Å². The Bertz CT molecular complexity index is 1020. The first-order valence-electron chi connectivity index (χ1n) is 9.32. The van der Waals surface area contributed by atoms with Gasteiger partial charge in [-0.1, -0.05) is 35.9 Å². The molecule has 28 heavy (non-hydrogen) atoms. The predicted octanol–water partition coefficient (Wildman–Crippen LogP) is 3.13. The van der Waals surface area contributed by atoms with E-state index in [0.717, 1.165) is 35.5 Å². The van der Waals surface area contributed by atoms with Crippen molar-refractivity contribution in [2.24, 2.45) is 5.41 Å². The molecule has 6 nitrogen and oxygen atoms in total. The second-order valence-electron chi connectivity index (χ2n) is 7.51. The summed E-state index contributed by atoms with van der Waals surface area (Å²) in [5, 5.41) is 2.86. The number of hydrogen-bond donors (Lipinski definition) is 1. The van der Waals surface area contributed by atoms with E-state index in [2.05, 4.69) is 10.2 Å². The van der Waals surface area contributed by atoms with Crippen molar-refractivity contribution in [1.82, 2.24) is 5.32 Å². The largest absolute Gasteiger partial charge is 0.367 e. The van der Waals surface area contributed by atoms with E-state index in [4.69, 9.17) is 11.6 Å². The van der Waals surface area contributed by atoms with E-state index in [1.807, 2.05) is 24.3 Å². The lowest BCUT2D eigenvalue weighted by molar-refractivity contribution is -0.144. The maximum atomic E-state index is 13.8. The summed E-state index contributed by atoms with van der Waals surface area (Å²) in [4.78, 5) is 42.7. The van der Waals surface area contributed by atoms with Crippen LogP contribution in [0.3, 0.4) is 0 Å². The summed E-state index contributed by atoms with van der Waals surface area (Å²) in [7, 11) is 0. The molecule has 0 bridgehead atoms. The predicted molar refractivity (Wildman–Crippen MR) is 105 cm³/mol. The molecule has 2 aromatic rings. The number of carbonyl (C=O) groups excluding carboxylic acids is 3. The van der Waals surface area contributed by atoms with E-state index in [9.17, 15) is 14.4 Å². The summed E-state index contributed by atoms with van der Waals surface area (Å²) >= 11 is 6.08. The second kappa shape index (κ2) is 6.07. The first-order valence-corrected chi connectivity index (χ1v) is 9.70. The van der Waals surface area contributed by atoms with E-state index in [0.29, 0.717) is 10.7 Å². The molecule has 1 spiro atoms. The molecule has 5 rings (SSSR count). The van der Waals surface area contributed by atoms with E-state index < -0.39 is 23.3 Å². The Balaban J connectivity index is 1.67. The first kappa shape index (κ1) is 17.3. The van der Waals surface area contributed by atoms with Crippen LogP contribution in [0.4, 0.5) is 16.2 Å². The van der Waals surface area contributed by atoms with Crippen LogP contribution in [0.2, 0.25) is 5.02 Å². The Kier molecular flexibility index (Phi) is 3.74. The molecule has 2 atom stereocenters. The van der Waals surface area contributed by atoms with E-state index in [1.165, 1.54) is 0 Å². The molecule has 4 amide bonds. The average molecular weight is 396 g/mol. The van der Waals surface area contributed by atoms with Crippen LogP contribution < -0.4 is 15.1 Å². The number of nitrogens with zero attached hydrogens (tertiary/aromatic N) is 2. The molecular formula is C21H18ClN3O3. The maximum Gasteiger partial charge on any atom is 0.335 e. The van der Waals surface area contributed by atoms with Crippen molar-refractivity contribution >= 4 is 40.8 Å². The number of benzene rings is 2. The van der Waals surface area contributed by atoms with Gasteiger partial charge in [0.05, 0.1) is 11.7 Å². The normalized spacial score (nSPS) is 26.3. The number of anilines is 2. The lowest BCUT2D eigenvalue weighted by Gasteiger charge is -2.49. The van der Waals surface area contributed by atoms with Crippen molar-refractivity contribution < 1.29 is 14.4 Å². The number of barbiturate groups is 1. The van der Waals surface area contributed by atoms with Crippen LogP contribution in [0.1, 0.15) is 18.4 Å². The zero-order valence-electron chi connectivity index (χ0n) is 15.0. The highest BCUT2D eigenvalue weighted by molar-refractivity contribution is 6.33. The molecule has 0 aromatic heterocycles. The number of amides is 4. The number of carbonyl (C=O) groups is 3. The smallest absolute Gasteiger partial charge is 0.335 e. The Hall–Kier alpha value is -2.86. The lowest BCUT2D eigenvalue weighted by atomic mass is 9.68. The fourth-order valence-electron chi connectivity index (χ4n) is 4.88. The van der Waals surface area contributed by atoms with Crippen molar-refractivity contribution in [3.63, 3.8) is 0 Å². The number of fused-ring (bicyclic) bond motifs is 4. The minimum absolute atomic E-state index is 0.273. The summed E-state index contributed by atoms with van der Waals surface area (Å²) in [6.45, 7) is 0.787. The molecule has 142 valence electrons. The van der Waals surface area contributed by atoms with E-state index in [1.54, 1.807) is 24.3 Å². The third kappa shape index (κ3) is 2.24. The molecular weight excluding hydrogens is 378 g/mol. The van der Waals surface area contributed by atoms with Crippen LogP contribution in [-0.2, 0) is 16.0 Å². The van der Waals surface area contributed by atoms with Crippen LogP contribution in [0, 0.1) is 5.41 Å². The molecule has 2 saturated heterocycles. The van der Waals surface area contributed by atoms with E-state index in [-0.39, 0.29) is 12.5 Å². The molecule has 3 heterocycles. The van der Waals surface area contributed by atoms with Crippen LogP contribution in [0.15, 0.2) is 48.5 Å². The summed E-state index contributed by atoms with van der Waals surface area (Å²) < 4.78 is 0. The molecule has 3 aliphatic heterocycles. The maximum absolute atomic E-state index is 13.8. The number of halogens is 1. The fraction of sp³-hybridized carbons (Fsp3) is 0.286. The zero-order chi connectivity index (χ0) is 19.5. The SMILES string of the molecule is O=C1NC(=O)[C@]2(Cc3ccccc3N3CCC[C@H]32)C(=O)N1c1cccc(Cl)c1. The standard InChI is InChI=1S/C21H18ClN3O3/c22-14-6-3-7-15(11-14)25-19(27)21(18(26)23-20(25)28)12-13-5-1-2-8-16(13)24-10-4-9-17(21)24/h1-3,5-8,11,17H,4,9-10,12H2,(H,23,26,28)/t17-,21+/m0/s1. The van der Waals surface area contributed by atoms with Crippen molar-refractivity contribution in [2.75, 3.05) is 16.3 Å². The number of imide groups is 2. The van der Waals surface area contributed by atoms with Gasteiger partial charge in [-0.2, -0.15) is 0 Å². The Labute approximate surface area is 167 Å². The van der Waals surface area contributed by atoms with Gasteiger partial charge in [0.1, 0.15) is 0 Å². The summed E-state index contributed by atoms with van der Waals surface area (Å²) in [5.74, 6) is -0.984. The third-order valence-corrected chi connectivity index (χ3v) is 6.31. The monoisotopic (exact) mass is 395 g/mol. The topological polar surface area (TPSA) is 69.7 Å². The van der Waals surface area contributed by atoms with Crippen molar-refractivity contribution in [2.45, 2.75) is 25.3 Å². The number of rotatable bonds is 1. The molecule has 2 fully saturated rings. The second-order valence-corrected chi connectivity index (χ2v) is 7.94. The summed E-state index contributed by atoms with van der Waals surface area (Å²) in [6.07, 6.45) is 1.90. The van der Waals surface area contributed by atoms with Crippen molar-refractivity contribution in [3.05, 3.63) is 59.1 Å². The number of nitrogens with one attached hydrogen (secondary N) is 1. The highest BCUT2D eigenvalue weighted by Gasteiger charge is 2.62. The first-order chi connectivity index (χ1) is 13.5. The molecule has 3 aliphatic rings. The van der Waals surface area contributed by atoms with Gasteiger partial charge in [-0.05, 0) is 49.1 Å². The number of para-hydroxylation sites is 1. The van der Waals surface area contributed by atoms with Gasteiger partial charge in [0.15, 0.2) is 5.41 Å². The summed E-state index contributed by atoms with van der Waals surface area (Å²) in [5.41, 5.74) is 1.05. The quantitative estimate of drug-likeness (QED) is 0.753. The average Bonchev–Trinajstić information content (AvgIpc) is 3.17. The molecule has 0 saturated carbocycles. The molecule has 0 aliphatic carbocycles. The Morgan fingerprint density at radius 2 is 1.89 bits per heavy atom. The third-order valence-electron chi connectivity index (χ3n) is 6.07. The van der Waals surface area contributed by atoms with Crippen LogP contribution in [0.5, 0.6) is 0 Å². The molecule has 0 unspecified atom stereocenters. The highest BCUT2D eigenvalue weighted by atomic mass is 35.5. The minimum atomic E-state index is -1.33. The van der Waals surface area contributed by atoms with Gasteiger partial charge in [0, 0.05) is 17.3 Å². The van der Waals surface area contributed by atoms with Gasteiger partial charge >= 0.3 is 6.03 Å². The van der Waals surface area contributed by atoms with Crippen LogP contribution in [-0.4, -0.2) is 30.4 Å². The van der Waals surface area contributed by atoms with Crippen LogP contribution >= 0.6 is 11.6 Å². The lowest BCUT2D eigenvalue weighted by Crippen LogP contribution is -2.71. The molecule has 1 N–H and O–H groups in total. The van der Waals surface area contributed by atoms with Crippen molar-refractivity contribution in [1.29, 1.82) is 0 Å². The molecule has 2 aromatic carbocycles. The van der Waals surface area contributed by atoms with Gasteiger partial charge < -0.3 is 4.90 Å². The minimum Gasteiger partial charge on any atom is -0.367 e. The van der Waals surface area contributed by atoms with Crippen molar-refractivity contribution in [3.8, 4) is 0 Å². The zero-order valence-corrected chi connectivity index (χ0v) is 15.8. The fourth-order valence-corrected chi connectivity index (χ4v) is 5.06. The van der Waals surface area contributed by atoms with Gasteiger partial charge in [-0.3, -0.25) is 14.9 Å². The van der Waals surface area contributed by atoms with E-state index >= 15 is 0 Å². The highest BCUT2D eigenvalue weighted by Crippen LogP contribution is 2.48. The Morgan fingerprint density at radius 1 is 1.07 bits per heavy atom. The number of urea groups is 1. The van der Waals surface area contributed by atoms with Gasteiger partial charge in [-0.25, -0.2) is 9.69 Å². The van der Waals surface area contributed by atoms with Crippen LogP contribution in [0.25, 0.3) is 0 Å². The number of hydrogen-bond acceptors (Lipinski definition) is 4. The molecule has 0 radical (unpaired) electrons. The van der Waals surface area contributed by atoms with Gasteiger partial charge in [0.25, 0.3) is 5.91 Å². The summed E-state index contributed by atoms with van der Waals surface area (Å²) in [6, 6.07) is 13.4. The van der Waals surface area contributed by atoms with Gasteiger partial charge in [0.2, 0.25) is 5.91 Å². The Morgan fingerprint density at radius 3 is 2.71 bits per heavy atom. The molecule has 7 heteroatoms.